The molecule has 124 valence electrons. The second-order valence-corrected chi connectivity index (χ2v) is 5.92. The van der Waals surface area contributed by atoms with E-state index in [1.54, 1.807) is 0 Å². The lowest BCUT2D eigenvalue weighted by molar-refractivity contribution is 0.0528. The number of fused-ring (bicyclic) bond motifs is 2. The van der Waals surface area contributed by atoms with Crippen molar-refractivity contribution in [1.29, 1.82) is 0 Å². The summed E-state index contributed by atoms with van der Waals surface area (Å²) >= 11 is 0. The molecule has 5 heteroatoms. The Balaban J connectivity index is 1.87. The fourth-order valence-corrected chi connectivity index (χ4v) is 3.22. The van der Waals surface area contributed by atoms with Gasteiger partial charge in [0, 0.05) is 50.4 Å². The number of ether oxygens (including phenoxy) is 2. The van der Waals surface area contributed by atoms with Crippen LogP contribution in [0.3, 0.4) is 0 Å². The Bertz CT molecular complexity index is 721. The summed E-state index contributed by atoms with van der Waals surface area (Å²) in [6.45, 7) is 8.55. The van der Waals surface area contributed by atoms with E-state index in [1.165, 1.54) is 11.1 Å². The fraction of sp³-hybridized carbons (Fsp3) is 0.500. The Labute approximate surface area is 136 Å². The van der Waals surface area contributed by atoms with Crippen molar-refractivity contribution in [2.24, 2.45) is 7.05 Å². The molecule has 0 amide bonds. The van der Waals surface area contributed by atoms with E-state index in [0.717, 1.165) is 43.8 Å². The number of hydrogen-bond donors (Lipinski definition) is 0. The van der Waals surface area contributed by atoms with E-state index in [1.807, 2.05) is 31.7 Å². The number of esters is 1. The third-order valence-electron chi connectivity index (χ3n) is 4.35. The summed E-state index contributed by atoms with van der Waals surface area (Å²) < 4.78 is 12.6. The van der Waals surface area contributed by atoms with Gasteiger partial charge in [-0.3, -0.25) is 4.90 Å². The van der Waals surface area contributed by atoms with Crippen LogP contribution in [0.2, 0.25) is 0 Å². The summed E-state index contributed by atoms with van der Waals surface area (Å²) in [4.78, 5) is 14.5. The minimum atomic E-state index is -0.246. The molecule has 1 aromatic heterocycles. The van der Waals surface area contributed by atoms with Crippen LogP contribution in [0, 0.1) is 0 Å². The van der Waals surface area contributed by atoms with Gasteiger partial charge in [-0.15, -0.1) is 0 Å². The van der Waals surface area contributed by atoms with Crippen molar-refractivity contribution in [3.05, 3.63) is 35.0 Å². The molecule has 0 saturated heterocycles. The Morgan fingerprint density at radius 2 is 1.91 bits per heavy atom. The number of rotatable bonds is 6. The van der Waals surface area contributed by atoms with Gasteiger partial charge in [-0.05, 0) is 37.1 Å². The van der Waals surface area contributed by atoms with Crippen LogP contribution in [0.25, 0.3) is 10.9 Å². The zero-order valence-corrected chi connectivity index (χ0v) is 14.1. The molecule has 0 saturated carbocycles. The maximum Gasteiger partial charge on any atom is 0.340 e. The maximum atomic E-state index is 12.1. The Kier molecular flexibility index (Phi) is 4.68. The zero-order chi connectivity index (χ0) is 16.4. The third kappa shape index (κ3) is 3.12. The number of hydrogen-bond acceptors (Lipinski definition) is 4. The van der Waals surface area contributed by atoms with Crippen LogP contribution >= 0.6 is 0 Å². The highest BCUT2D eigenvalue weighted by Gasteiger charge is 2.22. The molecule has 1 aliphatic heterocycles. The van der Waals surface area contributed by atoms with Crippen LogP contribution in [-0.4, -0.2) is 41.8 Å². The second kappa shape index (κ2) is 6.72. The van der Waals surface area contributed by atoms with Gasteiger partial charge in [0.25, 0.3) is 0 Å². The van der Waals surface area contributed by atoms with Crippen molar-refractivity contribution >= 4 is 16.9 Å². The van der Waals surface area contributed by atoms with Crippen molar-refractivity contribution < 1.29 is 14.3 Å². The van der Waals surface area contributed by atoms with E-state index in [2.05, 4.69) is 17.0 Å². The molecule has 0 atom stereocenters. The minimum Gasteiger partial charge on any atom is -0.462 e. The summed E-state index contributed by atoms with van der Waals surface area (Å²) in [5.41, 5.74) is 4.37. The maximum absolute atomic E-state index is 12.1. The van der Waals surface area contributed by atoms with E-state index < -0.39 is 0 Å². The van der Waals surface area contributed by atoms with E-state index in [0.29, 0.717) is 12.2 Å². The SMILES string of the molecule is CCOCCN1Cc2cc3c(C(=O)OCC)cn(C)c3cc2C1. The summed E-state index contributed by atoms with van der Waals surface area (Å²) in [7, 11) is 1.97. The lowest BCUT2D eigenvalue weighted by Gasteiger charge is -2.13. The molecule has 2 aromatic rings. The van der Waals surface area contributed by atoms with E-state index in [4.69, 9.17) is 9.47 Å². The molecule has 3 rings (SSSR count). The molecule has 5 nitrogen and oxygen atoms in total. The number of aryl methyl sites for hydroxylation is 1. The van der Waals surface area contributed by atoms with Crippen LogP contribution in [-0.2, 0) is 29.6 Å². The highest BCUT2D eigenvalue weighted by atomic mass is 16.5. The molecular weight excluding hydrogens is 292 g/mol. The first-order chi connectivity index (χ1) is 11.1. The molecule has 0 fully saturated rings. The minimum absolute atomic E-state index is 0.246. The standard InChI is InChI=1S/C18H24N2O3/c1-4-22-7-6-20-10-13-8-15-16(18(21)23-5-2)12-19(3)17(15)9-14(13)11-20/h8-9,12H,4-7,10-11H2,1-3H3. The zero-order valence-electron chi connectivity index (χ0n) is 14.1. The molecule has 23 heavy (non-hydrogen) atoms. The molecule has 2 heterocycles. The van der Waals surface area contributed by atoms with Gasteiger partial charge in [0.05, 0.1) is 18.8 Å². The number of nitrogens with zero attached hydrogens (tertiary/aromatic N) is 2. The normalized spacial score (nSPS) is 14.4. The van der Waals surface area contributed by atoms with Crippen molar-refractivity contribution in [3.63, 3.8) is 0 Å². The van der Waals surface area contributed by atoms with Crippen LogP contribution < -0.4 is 0 Å². The largest absolute Gasteiger partial charge is 0.462 e. The Hall–Kier alpha value is -1.85. The molecule has 1 aliphatic rings. The van der Waals surface area contributed by atoms with E-state index in [-0.39, 0.29) is 5.97 Å². The Morgan fingerprint density at radius 3 is 2.61 bits per heavy atom. The number of carbonyl (C=O) groups excluding carboxylic acids is 1. The molecule has 0 radical (unpaired) electrons. The fourth-order valence-electron chi connectivity index (χ4n) is 3.22. The highest BCUT2D eigenvalue weighted by molar-refractivity contribution is 6.04. The summed E-state index contributed by atoms with van der Waals surface area (Å²) in [5.74, 6) is -0.246. The third-order valence-corrected chi connectivity index (χ3v) is 4.35. The van der Waals surface area contributed by atoms with E-state index in [9.17, 15) is 4.79 Å². The van der Waals surface area contributed by atoms with Gasteiger partial charge < -0.3 is 14.0 Å². The van der Waals surface area contributed by atoms with Gasteiger partial charge in [0.2, 0.25) is 0 Å². The molecule has 0 aliphatic carbocycles. The average Bonchev–Trinajstić information content (AvgIpc) is 3.06. The number of benzene rings is 1. The molecular formula is C18H24N2O3. The monoisotopic (exact) mass is 316 g/mol. The molecule has 0 N–H and O–H groups in total. The van der Waals surface area contributed by atoms with Gasteiger partial charge in [0.1, 0.15) is 0 Å². The first-order valence-electron chi connectivity index (χ1n) is 8.22. The smallest absolute Gasteiger partial charge is 0.340 e. The van der Waals surface area contributed by atoms with Crippen LogP contribution in [0.5, 0.6) is 0 Å². The summed E-state index contributed by atoms with van der Waals surface area (Å²) in [6.07, 6.45) is 1.87. The first kappa shape index (κ1) is 16.0. The number of aromatic nitrogens is 1. The molecule has 0 bridgehead atoms. The summed E-state index contributed by atoms with van der Waals surface area (Å²) in [5, 5.41) is 0.983. The van der Waals surface area contributed by atoms with Crippen molar-refractivity contribution in [2.45, 2.75) is 26.9 Å². The first-order valence-corrected chi connectivity index (χ1v) is 8.22. The predicted octanol–water partition coefficient (Wildman–Crippen LogP) is 2.71. The average molecular weight is 316 g/mol. The van der Waals surface area contributed by atoms with E-state index >= 15 is 0 Å². The van der Waals surface area contributed by atoms with Crippen molar-refractivity contribution in [3.8, 4) is 0 Å². The van der Waals surface area contributed by atoms with Gasteiger partial charge in [-0.25, -0.2) is 4.79 Å². The lowest BCUT2D eigenvalue weighted by Crippen LogP contribution is -2.21. The van der Waals surface area contributed by atoms with Gasteiger partial charge >= 0.3 is 5.97 Å². The van der Waals surface area contributed by atoms with Crippen LogP contribution in [0.4, 0.5) is 0 Å². The van der Waals surface area contributed by atoms with Gasteiger partial charge in [-0.1, -0.05) is 0 Å². The van der Waals surface area contributed by atoms with Gasteiger partial charge in [0.15, 0.2) is 0 Å². The predicted molar refractivity (Wildman–Crippen MR) is 89.5 cm³/mol. The quantitative estimate of drug-likeness (QED) is 0.607. The van der Waals surface area contributed by atoms with Crippen molar-refractivity contribution in [1.82, 2.24) is 9.47 Å². The van der Waals surface area contributed by atoms with Crippen molar-refractivity contribution in [2.75, 3.05) is 26.4 Å². The molecule has 0 unspecified atom stereocenters. The lowest BCUT2D eigenvalue weighted by atomic mass is 10.1. The Morgan fingerprint density at radius 1 is 1.17 bits per heavy atom. The van der Waals surface area contributed by atoms with Crippen LogP contribution in [0.1, 0.15) is 35.3 Å². The number of carbonyl (C=O) groups is 1. The van der Waals surface area contributed by atoms with Gasteiger partial charge in [-0.2, -0.15) is 0 Å². The van der Waals surface area contributed by atoms with Crippen LogP contribution in [0.15, 0.2) is 18.3 Å². The highest BCUT2D eigenvalue weighted by Crippen LogP contribution is 2.30. The topological polar surface area (TPSA) is 43.7 Å². The molecule has 1 aromatic carbocycles. The molecule has 0 spiro atoms. The second-order valence-electron chi connectivity index (χ2n) is 5.92. The summed E-state index contributed by atoms with van der Waals surface area (Å²) in [6, 6.07) is 4.35.